The van der Waals surface area contributed by atoms with Crippen LogP contribution in [0.15, 0.2) is 42.5 Å². The molecule has 0 spiro atoms. The monoisotopic (exact) mass is 298 g/mol. The van der Waals surface area contributed by atoms with Crippen LogP contribution in [-0.2, 0) is 4.79 Å². The molecule has 0 radical (unpaired) electrons. The maximum atomic E-state index is 12.1. The van der Waals surface area contributed by atoms with Crippen LogP contribution in [0.4, 0.5) is 0 Å². The van der Waals surface area contributed by atoms with Crippen molar-refractivity contribution in [2.24, 2.45) is 11.8 Å². The van der Waals surface area contributed by atoms with Gasteiger partial charge in [-0.15, -0.1) is 0 Å². The SMILES string of the molecule is CC(C(=O)NCC(O)c1ccc2ccccc2c1)C1CNC1. The van der Waals surface area contributed by atoms with E-state index in [2.05, 4.69) is 10.6 Å². The molecule has 3 N–H and O–H groups in total. The average Bonchev–Trinajstić information content (AvgIpc) is 2.50. The number of nitrogens with one attached hydrogen (secondary N) is 2. The highest BCUT2D eigenvalue weighted by Crippen LogP contribution is 2.20. The molecule has 22 heavy (non-hydrogen) atoms. The molecule has 1 fully saturated rings. The predicted octanol–water partition coefficient (Wildman–Crippen LogP) is 1.84. The first-order valence-electron chi connectivity index (χ1n) is 7.80. The third-order valence-electron chi connectivity index (χ3n) is 4.56. The number of fused-ring (bicyclic) bond motifs is 1. The van der Waals surface area contributed by atoms with Crippen LogP contribution >= 0.6 is 0 Å². The Morgan fingerprint density at radius 3 is 2.68 bits per heavy atom. The fraction of sp³-hybridized carbons (Fsp3) is 0.389. The summed E-state index contributed by atoms with van der Waals surface area (Å²) in [6.07, 6.45) is -0.680. The van der Waals surface area contributed by atoms with Crippen molar-refractivity contribution in [3.63, 3.8) is 0 Å². The lowest BCUT2D eigenvalue weighted by atomic mass is 9.88. The summed E-state index contributed by atoms with van der Waals surface area (Å²) in [5.41, 5.74) is 0.831. The lowest BCUT2D eigenvalue weighted by molar-refractivity contribution is -0.127. The molecule has 0 aromatic heterocycles. The van der Waals surface area contributed by atoms with Crippen molar-refractivity contribution in [1.29, 1.82) is 0 Å². The first kappa shape index (κ1) is 15.0. The molecule has 1 saturated heterocycles. The summed E-state index contributed by atoms with van der Waals surface area (Å²) in [4.78, 5) is 12.1. The van der Waals surface area contributed by atoms with Crippen LogP contribution in [0.1, 0.15) is 18.6 Å². The van der Waals surface area contributed by atoms with Gasteiger partial charge in [0.25, 0.3) is 0 Å². The number of carbonyl (C=O) groups is 1. The fourth-order valence-electron chi connectivity index (χ4n) is 2.77. The number of aliphatic hydroxyl groups excluding tert-OH is 1. The van der Waals surface area contributed by atoms with Gasteiger partial charge in [0.05, 0.1) is 6.10 Å². The van der Waals surface area contributed by atoms with Gasteiger partial charge in [-0.3, -0.25) is 4.79 Å². The van der Waals surface area contributed by atoms with Crippen molar-refractivity contribution in [3.8, 4) is 0 Å². The van der Waals surface area contributed by atoms with Crippen LogP contribution in [0.25, 0.3) is 10.8 Å². The Kier molecular flexibility index (Phi) is 4.41. The standard InChI is InChI=1S/C18H22N2O2/c1-12(16-9-19-10-16)18(22)20-11-17(21)15-7-6-13-4-2-3-5-14(13)8-15/h2-8,12,16-17,19,21H,9-11H2,1H3,(H,20,22). The predicted molar refractivity (Wildman–Crippen MR) is 87.4 cm³/mol. The maximum absolute atomic E-state index is 12.1. The molecule has 3 rings (SSSR count). The van der Waals surface area contributed by atoms with Crippen LogP contribution in [0.2, 0.25) is 0 Å². The van der Waals surface area contributed by atoms with Gasteiger partial charge in [0.15, 0.2) is 0 Å². The first-order valence-corrected chi connectivity index (χ1v) is 7.80. The summed E-state index contributed by atoms with van der Waals surface area (Å²) in [6, 6.07) is 13.9. The summed E-state index contributed by atoms with van der Waals surface area (Å²) < 4.78 is 0. The molecule has 2 aromatic rings. The minimum atomic E-state index is -0.680. The Bertz CT molecular complexity index is 667. The quantitative estimate of drug-likeness (QED) is 0.789. The van der Waals surface area contributed by atoms with Gasteiger partial charge in [0, 0.05) is 12.5 Å². The molecular formula is C18H22N2O2. The largest absolute Gasteiger partial charge is 0.387 e. The Balaban J connectivity index is 1.60. The van der Waals surface area contributed by atoms with Crippen LogP contribution in [0.3, 0.4) is 0 Å². The average molecular weight is 298 g/mol. The van der Waals surface area contributed by atoms with E-state index in [0.29, 0.717) is 5.92 Å². The van der Waals surface area contributed by atoms with E-state index in [0.717, 1.165) is 29.4 Å². The van der Waals surface area contributed by atoms with Crippen LogP contribution in [0.5, 0.6) is 0 Å². The van der Waals surface area contributed by atoms with Crippen LogP contribution in [-0.4, -0.2) is 30.6 Å². The summed E-state index contributed by atoms with van der Waals surface area (Å²) >= 11 is 0. The highest BCUT2D eigenvalue weighted by Gasteiger charge is 2.28. The van der Waals surface area contributed by atoms with Crippen molar-refractivity contribution < 1.29 is 9.90 Å². The molecule has 1 amide bonds. The minimum Gasteiger partial charge on any atom is -0.387 e. The summed E-state index contributed by atoms with van der Waals surface area (Å²) in [7, 11) is 0. The lowest BCUT2D eigenvalue weighted by Crippen LogP contribution is -2.50. The molecule has 0 aliphatic carbocycles. The van der Waals surface area contributed by atoms with Gasteiger partial charge in [-0.2, -0.15) is 0 Å². The van der Waals surface area contributed by atoms with E-state index in [1.165, 1.54) is 0 Å². The molecule has 0 bridgehead atoms. The molecule has 1 heterocycles. The van der Waals surface area contributed by atoms with E-state index in [1.807, 2.05) is 49.4 Å². The highest BCUT2D eigenvalue weighted by molar-refractivity contribution is 5.83. The molecule has 4 heteroatoms. The summed E-state index contributed by atoms with van der Waals surface area (Å²) in [5, 5.41) is 18.6. The number of amides is 1. The van der Waals surface area contributed by atoms with Crippen LogP contribution < -0.4 is 10.6 Å². The normalized spacial score (nSPS) is 17.7. The summed E-state index contributed by atoms with van der Waals surface area (Å²) in [5.74, 6) is 0.425. The molecule has 0 saturated carbocycles. The molecule has 2 unspecified atom stereocenters. The number of benzene rings is 2. The van der Waals surface area contributed by atoms with Gasteiger partial charge in [-0.1, -0.05) is 43.3 Å². The van der Waals surface area contributed by atoms with Crippen molar-refractivity contribution in [3.05, 3.63) is 48.0 Å². The molecule has 4 nitrogen and oxygen atoms in total. The van der Waals surface area contributed by atoms with E-state index in [9.17, 15) is 9.90 Å². The second-order valence-corrected chi connectivity index (χ2v) is 6.07. The smallest absolute Gasteiger partial charge is 0.223 e. The molecule has 2 atom stereocenters. The van der Waals surface area contributed by atoms with Crippen molar-refractivity contribution in [2.75, 3.05) is 19.6 Å². The second-order valence-electron chi connectivity index (χ2n) is 6.07. The number of hydrogen-bond donors (Lipinski definition) is 3. The maximum Gasteiger partial charge on any atom is 0.223 e. The Morgan fingerprint density at radius 2 is 2.00 bits per heavy atom. The Hall–Kier alpha value is -1.91. The van der Waals surface area contributed by atoms with E-state index >= 15 is 0 Å². The number of carbonyl (C=O) groups excluding carboxylic acids is 1. The topological polar surface area (TPSA) is 61.4 Å². The summed E-state index contributed by atoms with van der Waals surface area (Å²) in [6.45, 7) is 4.01. The zero-order valence-corrected chi connectivity index (χ0v) is 12.8. The zero-order valence-electron chi connectivity index (χ0n) is 12.8. The van der Waals surface area contributed by atoms with Gasteiger partial charge in [-0.05, 0) is 41.4 Å². The molecular weight excluding hydrogens is 276 g/mol. The Morgan fingerprint density at radius 1 is 1.27 bits per heavy atom. The first-order chi connectivity index (χ1) is 10.6. The van der Waals surface area contributed by atoms with Gasteiger partial charge >= 0.3 is 0 Å². The number of aliphatic hydroxyl groups is 1. The highest BCUT2D eigenvalue weighted by atomic mass is 16.3. The third kappa shape index (κ3) is 3.13. The van der Waals surface area contributed by atoms with Gasteiger partial charge in [-0.25, -0.2) is 0 Å². The van der Waals surface area contributed by atoms with Crippen molar-refractivity contribution >= 4 is 16.7 Å². The molecule has 116 valence electrons. The van der Waals surface area contributed by atoms with E-state index in [4.69, 9.17) is 0 Å². The zero-order chi connectivity index (χ0) is 15.5. The van der Waals surface area contributed by atoms with E-state index in [-0.39, 0.29) is 18.4 Å². The van der Waals surface area contributed by atoms with Crippen LogP contribution in [0, 0.1) is 11.8 Å². The fourth-order valence-corrected chi connectivity index (χ4v) is 2.77. The minimum absolute atomic E-state index is 0.00921. The van der Waals surface area contributed by atoms with Crippen molar-refractivity contribution in [2.45, 2.75) is 13.0 Å². The van der Waals surface area contributed by atoms with Gasteiger partial charge in [0.2, 0.25) is 5.91 Å². The number of rotatable bonds is 5. The number of hydrogen-bond acceptors (Lipinski definition) is 3. The van der Waals surface area contributed by atoms with E-state index < -0.39 is 6.10 Å². The molecule has 2 aromatic carbocycles. The Labute approximate surface area is 130 Å². The van der Waals surface area contributed by atoms with Gasteiger partial charge < -0.3 is 15.7 Å². The molecule has 1 aliphatic heterocycles. The van der Waals surface area contributed by atoms with Crippen molar-refractivity contribution in [1.82, 2.24) is 10.6 Å². The third-order valence-corrected chi connectivity index (χ3v) is 4.56. The molecule has 1 aliphatic rings. The van der Waals surface area contributed by atoms with E-state index in [1.54, 1.807) is 0 Å². The lowest BCUT2D eigenvalue weighted by Gasteiger charge is -2.31. The van der Waals surface area contributed by atoms with Gasteiger partial charge in [0.1, 0.15) is 0 Å². The second kappa shape index (κ2) is 6.46.